The van der Waals surface area contributed by atoms with Crippen molar-refractivity contribution < 1.29 is 24.2 Å². The molecule has 1 radical (unpaired) electrons. The molecule has 0 aromatic rings. The molecule has 2 aliphatic heterocycles. The monoisotopic (exact) mass is 299 g/mol. The Hall–Kier alpha value is -1.02. The molecule has 21 heavy (non-hydrogen) atoms. The number of amides is 2. The molecule has 119 valence electrons. The molecule has 2 unspecified atom stereocenters. The van der Waals surface area contributed by atoms with E-state index >= 15 is 0 Å². The van der Waals surface area contributed by atoms with Crippen molar-refractivity contribution in [3.05, 3.63) is 0 Å². The molecule has 0 bridgehead atoms. The van der Waals surface area contributed by atoms with E-state index in [4.69, 9.17) is 9.47 Å². The van der Waals surface area contributed by atoms with Gasteiger partial charge in [0.2, 0.25) is 11.8 Å². The van der Waals surface area contributed by atoms with Gasteiger partial charge in [0.25, 0.3) is 0 Å². The first kappa shape index (κ1) is 16.4. The van der Waals surface area contributed by atoms with E-state index in [9.17, 15) is 14.7 Å². The highest BCUT2D eigenvalue weighted by molar-refractivity contribution is 5.98. The number of hydrogen-bond acceptors (Lipinski definition) is 5. The number of carbonyl (C=O) groups is 2. The summed E-state index contributed by atoms with van der Waals surface area (Å²) in [4.78, 5) is 22.8. The van der Waals surface area contributed by atoms with Gasteiger partial charge in [-0.05, 0) is 32.4 Å². The van der Waals surface area contributed by atoms with Crippen LogP contribution in [0.2, 0.25) is 0 Å². The van der Waals surface area contributed by atoms with E-state index in [0.29, 0.717) is 19.6 Å². The van der Waals surface area contributed by atoms with Gasteiger partial charge in [-0.2, -0.15) is 0 Å². The van der Waals surface area contributed by atoms with E-state index in [1.807, 2.05) is 0 Å². The van der Waals surface area contributed by atoms with Crippen molar-refractivity contribution in [2.75, 3.05) is 32.9 Å². The van der Waals surface area contributed by atoms with Crippen LogP contribution in [0.15, 0.2) is 0 Å². The van der Waals surface area contributed by atoms with E-state index in [-0.39, 0.29) is 18.4 Å². The molecule has 7 heteroatoms. The summed E-state index contributed by atoms with van der Waals surface area (Å²) in [6.45, 7) is 2.17. The first-order valence-corrected chi connectivity index (χ1v) is 7.56. The van der Waals surface area contributed by atoms with Crippen molar-refractivity contribution in [2.24, 2.45) is 5.92 Å². The molecule has 2 amide bonds. The minimum atomic E-state index is -0.685. The van der Waals surface area contributed by atoms with Gasteiger partial charge in [-0.3, -0.25) is 14.9 Å². The topological polar surface area (TPSA) is 96.6 Å². The second-order valence-electron chi connectivity index (χ2n) is 5.45. The molecule has 2 fully saturated rings. The highest BCUT2D eigenvalue weighted by Crippen LogP contribution is 2.19. The largest absolute Gasteiger partial charge is 0.376 e. The number of ether oxygens (including phenoxy) is 2. The number of piperidine rings is 2. The van der Waals surface area contributed by atoms with Gasteiger partial charge in [0, 0.05) is 6.42 Å². The van der Waals surface area contributed by atoms with Crippen LogP contribution in [0.1, 0.15) is 25.7 Å². The fourth-order valence-electron chi connectivity index (χ4n) is 2.72. The average Bonchev–Trinajstić information content (AvgIpc) is 2.49. The highest BCUT2D eigenvalue weighted by Gasteiger charge is 2.34. The summed E-state index contributed by atoms with van der Waals surface area (Å²) in [6.07, 6.45) is 2.18. The average molecular weight is 299 g/mol. The first-order chi connectivity index (χ1) is 10.2. The molecular formula is C14H23N2O5. The maximum Gasteiger partial charge on any atom is 0.232 e. The molecule has 0 aromatic heterocycles. The Kier molecular flexibility index (Phi) is 6.56. The van der Waals surface area contributed by atoms with Crippen molar-refractivity contribution in [1.29, 1.82) is 0 Å². The molecule has 7 nitrogen and oxygen atoms in total. The lowest BCUT2D eigenvalue weighted by molar-refractivity contribution is -0.144. The summed E-state index contributed by atoms with van der Waals surface area (Å²) in [5, 5.41) is 16.7. The summed E-state index contributed by atoms with van der Waals surface area (Å²) in [5.74, 6) is -1.21. The van der Waals surface area contributed by atoms with Crippen LogP contribution in [0, 0.1) is 5.92 Å². The first-order valence-electron chi connectivity index (χ1n) is 7.56. The van der Waals surface area contributed by atoms with Crippen LogP contribution in [-0.4, -0.2) is 56.9 Å². The van der Waals surface area contributed by atoms with Crippen LogP contribution in [0.25, 0.3) is 0 Å². The van der Waals surface area contributed by atoms with Gasteiger partial charge in [0.15, 0.2) is 0 Å². The van der Waals surface area contributed by atoms with Crippen LogP contribution >= 0.6 is 0 Å². The van der Waals surface area contributed by atoms with Gasteiger partial charge in [0.05, 0.1) is 31.3 Å². The van der Waals surface area contributed by atoms with Crippen LogP contribution in [0.3, 0.4) is 0 Å². The third-order valence-corrected chi connectivity index (χ3v) is 3.95. The predicted octanol–water partition coefficient (Wildman–Crippen LogP) is -0.376. The smallest absolute Gasteiger partial charge is 0.232 e. The maximum atomic E-state index is 11.7. The summed E-state index contributed by atoms with van der Waals surface area (Å²) in [7, 11) is 0. The van der Waals surface area contributed by atoms with E-state index in [1.165, 1.54) is 0 Å². The minimum Gasteiger partial charge on any atom is -0.376 e. The van der Waals surface area contributed by atoms with Gasteiger partial charge in [0.1, 0.15) is 6.61 Å². The van der Waals surface area contributed by atoms with Gasteiger partial charge < -0.3 is 14.8 Å². The number of imide groups is 1. The quantitative estimate of drug-likeness (QED) is 0.493. The molecule has 0 aliphatic carbocycles. The Bertz CT molecular complexity index is 357. The SMILES string of the molecule is [O]CC(OCCOC1CCNCC1)C1CCC(=O)NC1=O. The predicted molar refractivity (Wildman–Crippen MR) is 73.0 cm³/mol. The van der Waals surface area contributed by atoms with Crippen molar-refractivity contribution >= 4 is 11.8 Å². The minimum absolute atomic E-state index is 0.246. The zero-order valence-electron chi connectivity index (χ0n) is 12.1. The number of rotatable bonds is 7. The Morgan fingerprint density at radius 1 is 1.14 bits per heavy atom. The highest BCUT2D eigenvalue weighted by atomic mass is 16.5. The Balaban J connectivity index is 1.67. The summed E-state index contributed by atoms with van der Waals surface area (Å²) in [6, 6.07) is 0. The molecule has 2 atom stereocenters. The van der Waals surface area contributed by atoms with Crippen LogP contribution in [0.5, 0.6) is 0 Å². The fourth-order valence-corrected chi connectivity index (χ4v) is 2.72. The lowest BCUT2D eigenvalue weighted by atomic mass is 9.93. The lowest BCUT2D eigenvalue weighted by Crippen LogP contribution is -2.47. The fraction of sp³-hybridized carbons (Fsp3) is 0.857. The standard InChI is InChI=1S/C14H23N2O5/c17-9-12(11-1-2-13(18)16-14(11)19)21-8-7-20-10-3-5-15-6-4-10/h10-12,15H,1-9H2,(H,16,18,19). The second kappa shape index (κ2) is 8.43. The zero-order chi connectivity index (χ0) is 15.1. The Morgan fingerprint density at radius 3 is 2.57 bits per heavy atom. The normalized spacial score (nSPS) is 25.7. The number of hydrogen-bond donors (Lipinski definition) is 2. The third-order valence-electron chi connectivity index (χ3n) is 3.95. The molecular weight excluding hydrogens is 276 g/mol. The van der Waals surface area contributed by atoms with Crippen molar-refractivity contribution in [3.8, 4) is 0 Å². The van der Waals surface area contributed by atoms with E-state index in [0.717, 1.165) is 25.9 Å². The van der Waals surface area contributed by atoms with Gasteiger partial charge in [-0.25, -0.2) is 5.11 Å². The maximum absolute atomic E-state index is 11.7. The van der Waals surface area contributed by atoms with Crippen molar-refractivity contribution in [3.63, 3.8) is 0 Å². The molecule has 0 saturated carbocycles. The Morgan fingerprint density at radius 2 is 1.90 bits per heavy atom. The third kappa shape index (κ3) is 5.03. The van der Waals surface area contributed by atoms with Crippen LogP contribution in [0.4, 0.5) is 0 Å². The molecule has 2 saturated heterocycles. The zero-order valence-corrected chi connectivity index (χ0v) is 12.1. The van der Waals surface area contributed by atoms with Crippen molar-refractivity contribution in [2.45, 2.75) is 37.9 Å². The summed E-state index contributed by atoms with van der Waals surface area (Å²) < 4.78 is 11.2. The molecule has 2 rings (SSSR count). The van der Waals surface area contributed by atoms with Gasteiger partial charge >= 0.3 is 0 Å². The molecule has 0 aromatic carbocycles. The van der Waals surface area contributed by atoms with E-state index < -0.39 is 24.5 Å². The lowest BCUT2D eigenvalue weighted by Gasteiger charge is -2.28. The summed E-state index contributed by atoms with van der Waals surface area (Å²) in [5.41, 5.74) is 0. The molecule has 2 N–H and O–H groups in total. The number of nitrogens with one attached hydrogen (secondary N) is 2. The van der Waals surface area contributed by atoms with Crippen LogP contribution < -0.4 is 10.6 Å². The second-order valence-corrected chi connectivity index (χ2v) is 5.45. The number of carbonyl (C=O) groups excluding carboxylic acids is 2. The van der Waals surface area contributed by atoms with Crippen molar-refractivity contribution in [1.82, 2.24) is 10.6 Å². The van der Waals surface area contributed by atoms with E-state index in [1.54, 1.807) is 0 Å². The molecule has 0 spiro atoms. The molecule has 2 heterocycles. The van der Waals surface area contributed by atoms with Crippen LogP contribution in [-0.2, 0) is 24.2 Å². The van der Waals surface area contributed by atoms with Gasteiger partial charge in [-0.1, -0.05) is 0 Å². The van der Waals surface area contributed by atoms with Gasteiger partial charge in [-0.15, -0.1) is 0 Å². The Labute approximate surface area is 124 Å². The van der Waals surface area contributed by atoms with E-state index in [2.05, 4.69) is 10.6 Å². The summed E-state index contributed by atoms with van der Waals surface area (Å²) >= 11 is 0. The molecule has 2 aliphatic rings.